The molecule has 42 heavy (non-hydrogen) atoms. The largest absolute Gasteiger partial charge is 0.461 e. The molecule has 0 spiro atoms. The van der Waals surface area contributed by atoms with Gasteiger partial charge in [0.1, 0.15) is 6.61 Å². The van der Waals surface area contributed by atoms with Gasteiger partial charge in [0, 0.05) is 16.5 Å². The minimum Gasteiger partial charge on any atom is -0.461 e. The molecule has 1 fully saturated rings. The van der Waals surface area contributed by atoms with Gasteiger partial charge in [0.25, 0.3) is 10.1 Å². The summed E-state index contributed by atoms with van der Waals surface area (Å²) in [6.45, 7) is 1.70. The zero-order valence-electron chi connectivity index (χ0n) is 23.1. The van der Waals surface area contributed by atoms with Crippen LogP contribution in [0.1, 0.15) is 34.3 Å². The van der Waals surface area contributed by atoms with Crippen molar-refractivity contribution in [3.8, 4) is 11.1 Å². The van der Waals surface area contributed by atoms with Gasteiger partial charge in [-0.05, 0) is 66.6 Å². The van der Waals surface area contributed by atoms with E-state index in [9.17, 15) is 18.0 Å². The fourth-order valence-electron chi connectivity index (χ4n) is 5.38. The van der Waals surface area contributed by atoms with Crippen molar-refractivity contribution in [3.05, 3.63) is 125 Å². The van der Waals surface area contributed by atoms with Crippen LogP contribution in [0.3, 0.4) is 0 Å². The van der Waals surface area contributed by atoms with Gasteiger partial charge in [-0.3, -0.25) is 13.8 Å². The molecule has 1 aliphatic rings. The Labute approximate surface area is 251 Å². The van der Waals surface area contributed by atoms with Crippen LogP contribution in [-0.4, -0.2) is 26.8 Å². The number of Topliss-reactive ketones (excluding diaryl/α,β-unsaturated/α-hetero) is 1. The number of aryl methyl sites for hydroxylation is 1. The third kappa shape index (κ3) is 6.98. The van der Waals surface area contributed by atoms with Crippen LogP contribution < -0.4 is 0 Å². The van der Waals surface area contributed by atoms with Gasteiger partial charge in [-0.25, -0.2) is 0 Å². The van der Waals surface area contributed by atoms with E-state index in [1.165, 1.54) is 12.1 Å². The normalized spacial score (nSPS) is 18.5. The number of hydrogen-bond acceptors (Lipinski definition) is 6. The summed E-state index contributed by atoms with van der Waals surface area (Å²) in [6.07, 6.45) is 0.870. The van der Waals surface area contributed by atoms with Gasteiger partial charge in [-0.2, -0.15) is 8.42 Å². The van der Waals surface area contributed by atoms with Gasteiger partial charge in [-0.1, -0.05) is 96.0 Å². The molecule has 3 atom stereocenters. The highest BCUT2D eigenvalue weighted by Gasteiger charge is 2.46. The number of ketones is 1. The third-order valence-electron chi connectivity index (χ3n) is 7.72. The SMILES string of the molecule is Cc1ccc(S(=O)(=O)OCC2CCC(C(=O)c3ccc(-c4ccc(Cl)cc4)cc3)C2C(=O)OCc2ccccc2)cc1. The molecule has 0 aliphatic heterocycles. The fourth-order valence-corrected chi connectivity index (χ4v) is 6.46. The number of rotatable bonds is 10. The van der Waals surface area contributed by atoms with Gasteiger partial charge in [0.15, 0.2) is 5.78 Å². The second kappa shape index (κ2) is 13.0. The van der Waals surface area contributed by atoms with Crippen LogP contribution in [0.5, 0.6) is 0 Å². The van der Waals surface area contributed by atoms with E-state index in [2.05, 4.69) is 0 Å². The molecule has 0 heterocycles. The van der Waals surface area contributed by atoms with E-state index < -0.39 is 33.8 Å². The second-order valence-electron chi connectivity index (χ2n) is 10.6. The first-order chi connectivity index (χ1) is 20.2. The number of benzene rings is 4. The van der Waals surface area contributed by atoms with Crippen LogP contribution in [0, 0.1) is 24.7 Å². The van der Waals surface area contributed by atoms with Crippen LogP contribution in [0.15, 0.2) is 108 Å². The van der Waals surface area contributed by atoms with Crippen molar-refractivity contribution >= 4 is 33.5 Å². The quantitative estimate of drug-likeness (QED) is 0.108. The molecular formula is C34H31ClO6S. The topological polar surface area (TPSA) is 86.7 Å². The molecule has 0 bridgehead atoms. The number of hydrogen-bond donors (Lipinski definition) is 0. The van der Waals surface area contributed by atoms with Crippen LogP contribution in [-0.2, 0) is 30.4 Å². The standard InChI is InChI=1S/C34H31ClO6S/c1-23-7-18-30(19-8-23)42(38,39)41-22-28-15-20-31(32(28)34(37)40-21-24-5-3-2-4-6-24)33(36)27-11-9-25(10-12-27)26-13-16-29(35)17-14-26/h2-14,16-19,28,31-32H,15,20-22H2,1H3. The van der Waals surface area contributed by atoms with E-state index in [0.717, 1.165) is 22.3 Å². The lowest BCUT2D eigenvalue weighted by Gasteiger charge is -2.23. The molecule has 216 valence electrons. The average molecular weight is 603 g/mol. The average Bonchev–Trinajstić information content (AvgIpc) is 3.44. The van der Waals surface area contributed by atoms with Crippen molar-refractivity contribution in [2.75, 3.05) is 6.61 Å². The van der Waals surface area contributed by atoms with Crippen LogP contribution in [0.25, 0.3) is 11.1 Å². The molecule has 1 aliphatic carbocycles. The van der Waals surface area contributed by atoms with Gasteiger partial charge < -0.3 is 4.74 Å². The minimum atomic E-state index is -4.04. The number of carbonyl (C=O) groups is 2. The van der Waals surface area contributed by atoms with Crippen LogP contribution in [0.4, 0.5) is 0 Å². The molecule has 3 unspecified atom stereocenters. The molecule has 4 aromatic carbocycles. The van der Waals surface area contributed by atoms with E-state index in [4.69, 9.17) is 20.5 Å². The Hall–Kier alpha value is -3.78. The minimum absolute atomic E-state index is 0.0442. The second-order valence-corrected chi connectivity index (χ2v) is 12.6. The Morgan fingerprint density at radius 3 is 2.07 bits per heavy atom. The first-order valence-corrected chi connectivity index (χ1v) is 15.6. The first kappa shape index (κ1) is 29.7. The lowest BCUT2D eigenvalue weighted by atomic mass is 9.84. The zero-order valence-corrected chi connectivity index (χ0v) is 24.7. The number of ether oxygens (including phenoxy) is 1. The predicted octanol–water partition coefficient (Wildman–Crippen LogP) is 7.29. The fraction of sp³-hybridized carbons (Fsp3) is 0.235. The highest BCUT2D eigenvalue weighted by Crippen LogP contribution is 2.41. The molecule has 4 aromatic rings. The summed E-state index contributed by atoms with van der Waals surface area (Å²) in [4.78, 5) is 27.3. The third-order valence-corrected chi connectivity index (χ3v) is 9.26. The van der Waals surface area contributed by atoms with E-state index in [1.807, 2.05) is 61.5 Å². The van der Waals surface area contributed by atoms with E-state index in [1.54, 1.807) is 36.4 Å². The summed E-state index contributed by atoms with van der Waals surface area (Å²) in [5.74, 6) is -2.72. The molecule has 8 heteroatoms. The number of halogens is 1. The molecule has 5 rings (SSSR count). The van der Waals surface area contributed by atoms with Gasteiger partial charge in [0.05, 0.1) is 17.4 Å². The maximum Gasteiger partial charge on any atom is 0.310 e. The van der Waals surface area contributed by atoms with Crippen LogP contribution in [0.2, 0.25) is 5.02 Å². The molecule has 1 saturated carbocycles. The smallest absolute Gasteiger partial charge is 0.310 e. The maximum atomic E-state index is 13.7. The Morgan fingerprint density at radius 2 is 1.43 bits per heavy atom. The summed E-state index contributed by atoms with van der Waals surface area (Å²) < 4.78 is 36.9. The number of esters is 1. The summed E-state index contributed by atoms with van der Waals surface area (Å²) in [5, 5.41) is 0.641. The maximum absolute atomic E-state index is 13.7. The predicted molar refractivity (Wildman–Crippen MR) is 161 cm³/mol. The molecule has 0 aromatic heterocycles. The monoisotopic (exact) mass is 602 g/mol. The summed E-state index contributed by atoms with van der Waals surface area (Å²) in [6, 6.07) is 30.3. The molecule has 0 amide bonds. The van der Waals surface area contributed by atoms with Crippen LogP contribution >= 0.6 is 11.6 Å². The highest BCUT2D eigenvalue weighted by molar-refractivity contribution is 7.86. The van der Waals surface area contributed by atoms with Crippen molar-refractivity contribution in [1.82, 2.24) is 0 Å². The Kier molecular flexibility index (Phi) is 9.21. The van der Waals surface area contributed by atoms with Crippen molar-refractivity contribution in [2.45, 2.75) is 31.3 Å². The summed E-state index contributed by atoms with van der Waals surface area (Å²) in [5.41, 5.74) is 4.12. The molecular weight excluding hydrogens is 572 g/mol. The number of carbonyl (C=O) groups excluding carboxylic acids is 2. The lowest BCUT2D eigenvalue weighted by Crippen LogP contribution is -2.33. The van der Waals surface area contributed by atoms with Crippen molar-refractivity contribution < 1.29 is 26.9 Å². The first-order valence-electron chi connectivity index (χ1n) is 13.8. The Bertz CT molecular complexity index is 1630. The van der Waals surface area contributed by atoms with Crippen molar-refractivity contribution in [1.29, 1.82) is 0 Å². The lowest BCUT2D eigenvalue weighted by molar-refractivity contribution is -0.152. The van der Waals surface area contributed by atoms with Crippen molar-refractivity contribution in [2.24, 2.45) is 17.8 Å². The summed E-state index contributed by atoms with van der Waals surface area (Å²) >= 11 is 6.01. The Morgan fingerprint density at radius 1 is 0.810 bits per heavy atom. The van der Waals surface area contributed by atoms with Gasteiger partial charge in [0.2, 0.25) is 0 Å². The van der Waals surface area contributed by atoms with Crippen molar-refractivity contribution in [3.63, 3.8) is 0 Å². The molecule has 6 nitrogen and oxygen atoms in total. The zero-order chi connectivity index (χ0) is 29.7. The van der Waals surface area contributed by atoms with E-state index in [-0.39, 0.29) is 23.9 Å². The Balaban J connectivity index is 1.34. The van der Waals surface area contributed by atoms with E-state index in [0.29, 0.717) is 23.4 Å². The van der Waals surface area contributed by atoms with Gasteiger partial charge in [-0.15, -0.1) is 0 Å². The molecule has 0 saturated heterocycles. The van der Waals surface area contributed by atoms with Gasteiger partial charge >= 0.3 is 5.97 Å². The molecule has 0 N–H and O–H groups in total. The highest BCUT2D eigenvalue weighted by atomic mass is 35.5. The van der Waals surface area contributed by atoms with E-state index >= 15 is 0 Å². The summed E-state index contributed by atoms with van der Waals surface area (Å²) in [7, 11) is -4.04. The molecule has 0 radical (unpaired) electrons.